The monoisotopic (exact) mass is 202 g/mol. The number of nitrogens with one attached hydrogen (secondary N) is 1. The van der Waals surface area contributed by atoms with Crippen LogP contribution in [0.5, 0.6) is 0 Å². The predicted octanol–water partition coefficient (Wildman–Crippen LogP) is 1.02. The molecule has 0 spiro atoms. The fourth-order valence-corrected chi connectivity index (χ4v) is 0.841. The topological polar surface area (TPSA) is 90.2 Å². The summed E-state index contributed by atoms with van der Waals surface area (Å²) in [6.45, 7) is 5.50. The Balaban J connectivity index is 3.43. The van der Waals surface area contributed by atoms with Gasteiger partial charge in [0.1, 0.15) is 6.23 Å². The first kappa shape index (κ1) is 13.2. The minimum absolute atomic E-state index is 0.467. The molecule has 2 unspecified atom stereocenters. The Morgan fingerprint density at radius 3 is 2.86 bits per heavy atom. The van der Waals surface area contributed by atoms with E-state index in [0.717, 1.165) is 13.0 Å². The Labute approximate surface area is 83.9 Å². The molecule has 2 atom stereocenters. The number of nitrogens with zero attached hydrogens (tertiary/aromatic N) is 3. The molecule has 0 rings (SSSR count). The van der Waals surface area contributed by atoms with Crippen molar-refractivity contribution in [3.8, 4) is 0 Å². The van der Waals surface area contributed by atoms with Gasteiger partial charge in [0.05, 0.1) is 12.6 Å². The second-order valence-electron chi connectivity index (χ2n) is 2.96. The van der Waals surface area contributed by atoms with E-state index < -0.39 is 12.3 Å². The second-order valence-corrected chi connectivity index (χ2v) is 2.96. The minimum Gasteiger partial charge on any atom is -0.380 e. The molecule has 0 aliphatic rings. The highest BCUT2D eigenvalue weighted by Gasteiger charge is 2.10. The van der Waals surface area contributed by atoms with Crippen molar-refractivity contribution in [1.82, 2.24) is 5.32 Å². The average molecular weight is 202 g/mol. The van der Waals surface area contributed by atoms with Crippen molar-refractivity contribution in [2.75, 3.05) is 19.8 Å². The fourth-order valence-electron chi connectivity index (χ4n) is 0.841. The molecular weight excluding hydrogens is 184 g/mol. The summed E-state index contributed by atoms with van der Waals surface area (Å²) in [5.74, 6) is 0. The molecule has 0 bridgehead atoms. The van der Waals surface area contributed by atoms with Gasteiger partial charge in [0.25, 0.3) is 0 Å². The maximum Gasteiger partial charge on any atom is 0.113 e. The number of aliphatic hydroxyl groups excluding tert-OH is 1. The van der Waals surface area contributed by atoms with Crippen LogP contribution in [0, 0.1) is 0 Å². The zero-order chi connectivity index (χ0) is 10.8. The zero-order valence-corrected chi connectivity index (χ0v) is 8.68. The third kappa shape index (κ3) is 6.68. The molecule has 6 heteroatoms. The van der Waals surface area contributed by atoms with Gasteiger partial charge in [-0.2, -0.15) is 0 Å². The summed E-state index contributed by atoms with van der Waals surface area (Å²) in [5, 5.41) is 15.5. The van der Waals surface area contributed by atoms with E-state index in [2.05, 4.69) is 15.3 Å². The summed E-state index contributed by atoms with van der Waals surface area (Å²) in [5.41, 5.74) is 8.12. The summed E-state index contributed by atoms with van der Waals surface area (Å²) in [4.78, 5) is 2.61. The maximum atomic E-state index is 9.37. The van der Waals surface area contributed by atoms with Crippen molar-refractivity contribution in [2.24, 2.45) is 5.11 Å². The minimum atomic E-state index is -0.809. The average Bonchev–Trinajstić information content (AvgIpc) is 2.17. The van der Waals surface area contributed by atoms with Crippen molar-refractivity contribution in [2.45, 2.75) is 32.5 Å². The van der Waals surface area contributed by atoms with Crippen molar-refractivity contribution < 1.29 is 9.84 Å². The Morgan fingerprint density at radius 2 is 2.29 bits per heavy atom. The normalized spacial score (nSPS) is 14.5. The molecular formula is C8H18N4O2. The molecule has 0 fully saturated rings. The SMILES string of the molecule is CCCOCCNC(O)C(C)N=[N+]=[N-]. The molecule has 0 heterocycles. The van der Waals surface area contributed by atoms with Crippen LogP contribution in [0.3, 0.4) is 0 Å². The first-order valence-electron chi connectivity index (χ1n) is 4.75. The molecule has 0 radical (unpaired) electrons. The highest BCUT2D eigenvalue weighted by molar-refractivity contribution is 4.68. The third-order valence-corrected chi connectivity index (χ3v) is 1.64. The van der Waals surface area contributed by atoms with Crippen LogP contribution >= 0.6 is 0 Å². The quantitative estimate of drug-likeness (QED) is 0.202. The Morgan fingerprint density at radius 1 is 1.57 bits per heavy atom. The maximum absolute atomic E-state index is 9.37. The van der Waals surface area contributed by atoms with E-state index in [1.165, 1.54) is 0 Å². The summed E-state index contributed by atoms with van der Waals surface area (Å²) in [6, 6.07) is -0.467. The van der Waals surface area contributed by atoms with E-state index in [1.54, 1.807) is 6.92 Å². The Hall–Kier alpha value is -0.810. The fraction of sp³-hybridized carbons (Fsp3) is 1.00. The van der Waals surface area contributed by atoms with Crippen LogP contribution in [0.4, 0.5) is 0 Å². The van der Waals surface area contributed by atoms with Gasteiger partial charge < -0.3 is 9.84 Å². The molecule has 0 aliphatic heterocycles. The lowest BCUT2D eigenvalue weighted by Crippen LogP contribution is -2.38. The molecule has 0 aromatic heterocycles. The number of ether oxygens (including phenoxy) is 1. The van der Waals surface area contributed by atoms with Crippen molar-refractivity contribution in [3.63, 3.8) is 0 Å². The first-order chi connectivity index (χ1) is 6.72. The molecule has 0 saturated carbocycles. The molecule has 0 amide bonds. The molecule has 14 heavy (non-hydrogen) atoms. The van der Waals surface area contributed by atoms with Gasteiger partial charge in [-0.1, -0.05) is 19.0 Å². The zero-order valence-electron chi connectivity index (χ0n) is 8.68. The summed E-state index contributed by atoms with van der Waals surface area (Å²) in [6.07, 6.45) is 0.175. The first-order valence-corrected chi connectivity index (χ1v) is 4.75. The highest BCUT2D eigenvalue weighted by Crippen LogP contribution is 1.94. The van der Waals surface area contributed by atoms with Gasteiger partial charge in [-0.05, 0) is 12.0 Å². The van der Waals surface area contributed by atoms with Gasteiger partial charge in [0.15, 0.2) is 0 Å². The van der Waals surface area contributed by atoms with Crippen molar-refractivity contribution in [1.29, 1.82) is 0 Å². The van der Waals surface area contributed by atoms with Gasteiger partial charge in [-0.25, -0.2) is 0 Å². The number of hydrogen-bond donors (Lipinski definition) is 2. The smallest absolute Gasteiger partial charge is 0.113 e. The van der Waals surface area contributed by atoms with E-state index in [9.17, 15) is 5.11 Å². The molecule has 0 aromatic rings. The molecule has 82 valence electrons. The summed E-state index contributed by atoms with van der Waals surface area (Å²) >= 11 is 0. The Bertz CT molecular complexity index is 182. The van der Waals surface area contributed by atoms with E-state index >= 15 is 0 Å². The number of aliphatic hydroxyl groups is 1. The van der Waals surface area contributed by atoms with Crippen LogP contribution in [-0.4, -0.2) is 37.1 Å². The standard InChI is InChI=1S/C8H18N4O2/c1-3-5-14-6-4-10-8(13)7(2)11-12-9/h7-8,10,13H,3-6H2,1-2H3. The molecule has 2 N–H and O–H groups in total. The second kappa shape index (κ2) is 8.77. The van der Waals surface area contributed by atoms with Gasteiger partial charge >= 0.3 is 0 Å². The van der Waals surface area contributed by atoms with Gasteiger partial charge in [0.2, 0.25) is 0 Å². The highest BCUT2D eigenvalue weighted by atomic mass is 16.5. The van der Waals surface area contributed by atoms with E-state index in [0.29, 0.717) is 13.2 Å². The van der Waals surface area contributed by atoms with Crippen LogP contribution < -0.4 is 5.32 Å². The van der Waals surface area contributed by atoms with E-state index in [4.69, 9.17) is 10.3 Å². The van der Waals surface area contributed by atoms with Gasteiger partial charge in [-0.3, -0.25) is 5.32 Å². The summed E-state index contributed by atoms with van der Waals surface area (Å²) < 4.78 is 5.20. The van der Waals surface area contributed by atoms with Crippen LogP contribution in [0.2, 0.25) is 0 Å². The van der Waals surface area contributed by atoms with Crippen molar-refractivity contribution in [3.05, 3.63) is 10.4 Å². The lowest BCUT2D eigenvalue weighted by Gasteiger charge is -2.15. The Kier molecular flexibility index (Phi) is 8.27. The number of rotatable bonds is 8. The van der Waals surface area contributed by atoms with Crippen molar-refractivity contribution >= 4 is 0 Å². The largest absolute Gasteiger partial charge is 0.380 e. The van der Waals surface area contributed by atoms with Gasteiger partial charge in [0, 0.05) is 18.1 Å². The van der Waals surface area contributed by atoms with Crippen LogP contribution in [0.15, 0.2) is 5.11 Å². The molecule has 0 aromatic carbocycles. The van der Waals surface area contributed by atoms with Gasteiger partial charge in [-0.15, -0.1) is 0 Å². The van der Waals surface area contributed by atoms with Crippen LogP contribution in [-0.2, 0) is 4.74 Å². The number of azide groups is 1. The predicted molar refractivity (Wildman–Crippen MR) is 53.7 cm³/mol. The lowest BCUT2D eigenvalue weighted by atomic mass is 10.3. The lowest BCUT2D eigenvalue weighted by molar-refractivity contribution is 0.0874. The summed E-state index contributed by atoms with van der Waals surface area (Å²) in [7, 11) is 0. The third-order valence-electron chi connectivity index (χ3n) is 1.64. The molecule has 6 nitrogen and oxygen atoms in total. The van der Waals surface area contributed by atoms with E-state index in [-0.39, 0.29) is 0 Å². The molecule has 0 saturated heterocycles. The van der Waals surface area contributed by atoms with Crippen LogP contribution in [0.1, 0.15) is 20.3 Å². The molecule has 0 aliphatic carbocycles. The van der Waals surface area contributed by atoms with Crippen LogP contribution in [0.25, 0.3) is 10.4 Å². The number of hydrogen-bond acceptors (Lipinski definition) is 4. The van der Waals surface area contributed by atoms with E-state index in [1.807, 2.05) is 6.92 Å².